The van der Waals surface area contributed by atoms with Crippen LogP contribution in [0.15, 0.2) is 51.8 Å². The molecule has 3 N–H and O–H groups in total. The monoisotopic (exact) mass is 483 g/mol. The van der Waals surface area contributed by atoms with Crippen LogP contribution >= 0.6 is 15.9 Å². The topological polar surface area (TPSA) is 119 Å². The summed E-state index contributed by atoms with van der Waals surface area (Å²) in [5.74, 6) is -0.688. The van der Waals surface area contributed by atoms with E-state index in [0.29, 0.717) is 15.7 Å². The van der Waals surface area contributed by atoms with Crippen LogP contribution in [0.25, 0.3) is 0 Å². The second-order valence-electron chi connectivity index (χ2n) is 6.03. The second kappa shape index (κ2) is 9.86. The van der Waals surface area contributed by atoms with Crippen LogP contribution in [-0.2, 0) is 14.8 Å². The molecule has 2 aromatic carbocycles. The summed E-state index contributed by atoms with van der Waals surface area (Å²) in [5.41, 5.74) is 5.99. The number of sulfonamides is 1. The van der Waals surface area contributed by atoms with E-state index in [1.165, 1.54) is 29.6 Å². The molecule has 0 unspecified atom stereocenters. The summed E-state index contributed by atoms with van der Waals surface area (Å²) in [6.07, 6.45) is -0.0407. The molecule has 2 rings (SSSR count). The van der Waals surface area contributed by atoms with Crippen molar-refractivity contribution >= 4 is 43.5 Å². The molecule has 0 aliphatic heterocycles. The van der Waals surface area contributed by atoms with Gasteiger partial charge in [0.15, 0.2) is 0 Å². The van der Waals surface area contributed by atoms with E-state index in [1.54, 1.807) is 31.2 Å². The van der Waals surface area contributed by atoms with Crippen LogP contribution in [0.3, 0.4) is 0 Å². The first-order valence-corrected chi connectivity index (χ1v) is 11.0. The Morgan fingerprint density at radius 2 is 1.83 bits per heavy atom. The van der Waals surface area contributed by atoms with Crippen LogP contribution in [0.1, 0.15) is 23.7 Å². The van der Waals surface area contributed by atoms with Crippen molar-refractivity contribution in [1.82, 2.24) is 4.31 Å². The number of carbonyl (C=O) groups is 2. The van der Waals surface area contributed by atoms with Gasteiger partial charge in [0.25, 0.3) is 0 Å². The maximum Gasteiger partial charge on any atom is 0.248 e. The van der Waals surface area contributed by atoms with E-state index in [-0.39, 0.29) is 36.1 Å². The van der Waals surface area contributed by atoms with Gasteiger partial charge in [-0.15, -0.1) is 0 Å². The predicted molar refractivity (Wildman–Crippen MR) is 113 cm³/mol. The number of methoxy groups -OCH3 is 1. The SMILES string of the molecule is CCN(CCC(=O)Nc1ccc(C(N)=O)cc1)S(=O)(=O)c1cc(Br)ccc1OC. The molecular formula is C19H22BrN3O5S. The zero-order valence-electron chi connectivity index (χ0n) is 16.0. The number of nitrogens with one attached hydrogen (secondary N) is 1. The van der Waals surface area contributed by atoms with Crippen LogP contribution in [0, 0.1) is 0 Å². The zero-order chi connectivity index (χ0) is 21.6. The number of primary amides is 1. The normalized spacial score (nSPS) is 11.3. The van der Waals surface area contributed by atoms with Crippen molar-refractivity contribution in [3.63, 3.8) is 0 Å². The highest BCUT2D eigenvalue weighted by atomic mass is 79.9. The molecule has 29 heavy (non-hydrogen) atoms. The van der Waals surface area contributed by atoms with Gasteiger partial charge in [0.2, 0.25) is 21.8 Å². The predicted octanol–water partition coefficient (Wildman–Crippen LogP) is 2.60. The Labute approximate surface area is 178 Å². The van der Waals surface area contributed by atoms with Gasteiger partial charge in [0, 0.05) is 35.2 Å². The molecule has 0 spiro atoms. The third kappa shape index (κ3) is 5.78. The minimum absolute atomic E-state index is 0.000294. The van der Waals surface area contributed by atoms with Crippen LogP contribution < -0.4 is 15.8 Å². The van der Waals surface area contributed by atoms with Crippen molar-refractivity contribution in [2.45, 2.75) is 18.2 Å². The number of halogens is 1. The molecule has 0 radical (unpaired) electrons. The van der Waals surface area contributed by atoms with Gasteiger partial charge in [-0.2, -0.15) is 4.31 Å². The summed E-state index contributed by atoms with van der Waals surface area (Å²) >= 11 is 3.27. The van der Waals surface area contributed by atoms with Crippen LogP contribution in [-0.4, -0.2) is 44.7 Å². The maximum absolute atomic E-state index is 13.0. The molecular weight excluding hydrogens is 462 g/mol. The first-order chi connectivity index (χ1) is 13.7. The van der Waals surface area contributed by atoms with Crippen molar-refractivity contribution in [2.24, 2.45) is 5.73 Å². The lowest BCUT2D eigenvalue weighted by Crippen LogP contribution is -2.34. The number of carbonyl (C=O) groups excluding carboxylic acids is 2. The minimum Gasteiger partial charge on any atom is -0.495 e. The van der Waals surface area contributed by atoms with Crippen molar-refractivity contribution in [1.29, 1.82) is 0 Å². The number of ether oxygens (including phenoxy) is 1. The fraction of sp³-hybridized carbons (Fsp3) is 0.263. The summed E-state index contributed by atoms with van der Waals surface area (Å²) in [6.45, 7) is 1.89. The highest BCUT2D eigenvalue weighted by Gasteiger charge is 2.27. The van der Waals surface area contributed by atoms with Crippen LogP contribution in [0.5, 0.6) is 5.75 Å². The molecule has 0 atom stereocenters. The number of hydrogen-bond donors (Lipinski definition) is 2. The van der Waals surface area contributed by atoms with E-state index in [1.807, 2.05) is 0 Å². The van der Waals surface area contributed by atoms with Crippen molar-refractivity contribution < 1.29 is 22.7 Å². The number of anilines is 1. The smallest absolute Gasteiger partial charge is 0.248 e. The van der Waals surface area contributed by atoms with E-state index < -0.39 is 15.9 Å². The summed E-state index contributed by atoms with van der Waals surface area (Å²) in [7, 11) is -2.45. The number of nitrogens with zero attached hydrogens (tertiary/aromatic N) is 1. The Kier molecular flexibility index (Phi) is 7.77. The molecule has 8 nitrogen and oxygen atoms in total. The third-order valence-corrected chi connectivity index (χ3v) is 6.63. The Balaban J connectivity index is 2.08. The molecule has 0 aromatic heterocycles. The van der Waals surface area contributed by atoms with Gasteiger partial charge in [0.05, 0.1) is 7.11 Å². The number of benzene rings is 2. The lowest BCUT2D eigenvalue weighted by molar-refractivity contribution is -0.116. The average Bonchev–Trinajstić information content (AvgIpc) is 2.68. The van der Waals surface area contributed by atoms with E-state index in [4.69, 9.17) is 10.5 Å². The van der Waals surface area contributed by atoms with Crippen LogP contribution in [0.2, 0.25) is 0 Å². The Hall–Kier alpha value is -2.43. The summed E-state index contributed by atoms with van der Waals surface area (Å²) in [6, 6.07) is 10.8. The van der Waals surface area contributed by atoms with Gasteiger partial charge in [-0.3, -0.25) is 9.59 Å². The van der Waals surface area contributed by atoms with Gasteiger partial charge in [-0.1, -0.05) is 22.9 Å². The highest BCUT2D eigenvalue weighted by Crippen LogP contribution is 2.29. The summed E-state index contributed by atoms with van der Waals surface area (Å²) in [4.78, 5) is 23.3. The fourth-order valence-electron chi connectivity index (χ4n) is 2.61. The second-order valence-corrected chi connectivity index (χ2v) is 8.85. The zero-order valence-corrected chi connectivity index (χ0v) is 18.4. The molecule has 0 fully saturated rings. The first-order valence-electron chi connectivity index (χ1n) is 8.72. The van der Waals surface area contributed by atoms with Crippen molar-refractivity contribution in [2.75, 3.05) is 25.5 Å². The van der Waals surface area contributed by atoms with Crippen molar-refractivity contribution in [3.05, 3.63) is 52.5 Å². The molecule has 10 heteroatoms. The Morgan fingerprint density at radius 1 is 1.17 bits per heavy atom. The standard InChI is InChI=1S/C19H22BrN3O5S/c1-3-23(29(26,27)17-12-14(20)6-9-16(17)28-2)11-10-18(24)22-15-7-4-13(5-8-15)19(21)25/h4-9,12H,3,10-11H2,1-2H3,(H2,21,25)(H,22,24). The minimum atomic E-state index is -3.85. The molecule has 0 saturated carbocycles. The number of hydrogen-bond acceptors (Lipinski definition) is 5. The molecule has 0 bridgehead atoms. The summed E-state index contributed by atoms with van der Waals surface area (Å²) < 4.78 is 33.0. The van der Waals surface area contributed by atoms with Crippen molar-refractivity contribution in [3.8, 4) is 5.75 Å². The van der Waals surface area contributed by atoms with Gasteiger partial charge in [0.1, 0.15) is 10.6 Å². The maximum atomic E-state index is 13.0. The number of amides is 2. The molecule has 0 heterocycles. The van der Waals surface area contributed by atoms with E-state index in [2.05, 4.69) is 21.2 Å². The number of nitrogens with two attached hydrogens (primary N) is 1. The lowest BCUT2D eigenvalue weighted by Gasteiger charge is -2.21. The van der Waals surface area contributed by atoms with Gasteiger partial charge >= 0.3 is 0 Å². The Morgan fingerprint density at radius 3 is 2.38 bits per heavy atom. The molecule has 0 saturated heterocycles. The molecule has 156 valence electrons. The average molecular weight is 484 g/mol. The van der Waals surface area contributed by atoms with Crippen LogP contribution in [0.4, 0.5) is 5.69 Å². The van der Waals surface area contributed by atoms with E-state index >= 15 is 0 Å². The highest BCUT2D eigenvalue weighted by molar-refractivity contribution is 9.10. The number of rotatable bonds is 9. The van der Waals surface area contributed by atoms with Gasteiger partial charge < -0.3 is 15.8 Å². The van der Waals surface area contributed by atoms with E-state index in [0.717, 1.165) is 0 Å². The first kappa shape index (κ1) is 22.9. The lowest BCUT2D eigenvalue weighted by atomic mass is 10.2. The summed E-state index contributed by atoms with van der Waals surface area (Å²) in [5, 5.41) is 2.67. The molecule has 0 aliphatic carbocycles. The fourth-order valence-corrected chi connectivity index (χ4v) is 4.75. The molecule has 2 aromatic rings. The quantitative estimate of drug-likeness (QED) is 0.567. The molecule has 0 aliphatic rings. The largest absolute Gasteiger partial charge is 0.495 e. The molecule has 2 amide bonds. The van der Waals surface area contributed by atoms with Gasteiger partial charge in [-0.05, 0) is 42.5 Å². The van der Waals surface area contributed by atoms with E-state index in [9.17, 15) is 18.0 Å². The third-order valence-electron chi connectivity index (χ3n) is 4.14. The Bertz CT molecular complexity index is 993. The van der Waals surface area contributed by atoms with Gasteiger partial charge in [-0.25, -0.2) is 8.42 Å².